The zero-order chi connectivity index (χ0) is 15.9. The number of imidazole rings is 1. The number of rotatable bonds is 2. The Labute approximate surface area is 138 Å². The summed E-state index contributed by atoms with van der Waals surface area (Å²) in [5.74, 6) is 0.785. The molecule has 2 N–H and O–H groups in total. The van der Waals surface area contributed by atoms with Gasteiger partial charge >= 0.3 is 0 Å². The van der Waals surface area contributed by atoms with E-state index < -0.39 is 0 Å². The van der Waals surface area contributed by atoms with Crippen LogP contribution < -0.4 is 0 Å². The number of hydrogen-bond acceptors (Lipinski definition) is 2. The Hall–Kier alpha value is -3.40. The van der Waals surface area contributed by atoms with Crippen molar-refractivity contribution in [3.05, 3.63) is 72.8 Å². The molecule has 0 radical (unpaired) electrons. The van der Waals surface area contributed by atoms with Crippen LogP contribution in [0.15, 0.2) is 72.8 Å². The molecule has 0 aliphatic rings. The van der Waals surface area contributed by atoms with E-state index in [-0.39, 0.29) is 0 Å². The molecule has 0 amide bonds. The summed E-state index contributed by atoms with van der Waals surface area (Å²) in [5, 5.41) is 8.64. The number of H-pyrrole nitrogens is 2. The molecule has 2 aromatic heterocycles. The fraction of sp³-hybridized carbons (Fsp3) is 0. The molecule has 0 aliphatic carbocycles. The van der Waals surface area contributed by atoms with Crippen molar-refractivity contribution < 1.29 is 0 Å². The van der Waals surface area contributed by atoms with Gasteiger partial charge in [0.2, 0.25) is 0 Å². The van der Waals surface area contributed by atoms with Crippen molar-refractivity contribution >= 4 is 21.9 Å². The molecule has 0 spiro atoms. The summed E-state index contributed by atoms with van der Waals surface area (Å²) < 4.78 is 0. The first-order valence-electron chi connectivity index (χ1n) is 7.87. The van der Waals surface area contributed by atoms with Gasteiger partial charge < -0.3 is 4.98 Å². The zero-order valence-electron chi connectivity index (χ0n) is 12.8. The summed E-state index contributed by atoms with van der Waals surface area (Å²) >= 11 is 0. The fourth-order valence-electron chi connectivity index (χ4n) is 3.07. The third-order valence-electron chi connectivity index (χ3n) is 4.28. The maximum absolute atomic E-state index is 4.67. The number of nitrogens with zero attached hydrogens (tertiary/aromatic N) is 2. The van der Waals surface area contributed by atoms with Crippen LogP contribution in [-0.4, -0.2) is 20.2 Å². The number of benzene rings is 3. The van der Waals surface area contributed by atoms with Crippen molar-refractivity contribution in [1.29, 1.82) is 0 Å². The van der Waals surface area contributed by atoms with Crippen LogP contribution in [0.2, 0.25) is 0 Å². The second kappa shape index (κ2) is 5.06. The van der Waals surface area contributed by atoms with E-state index in [1.54, 1.807) is 0 Å². The molecular weight excluding hydrogens is 296 g/mol. The molecule has 24 heavy (non-hydrogen) atoms. The number of fused-ring (bicyclic) bond motifs is 2. The second-order valence-electron chi connectivity index (χ2n) is 5.80. The standard InChI is InChI=1S/C20H14N4/c1-2-6-13(7-3-1)14-10-11-16-15(12-14)19(24-23-16)20-21-17-8-4-5-9-18(17)22-20/h1-12H,(H,21,22)(H,23,24). The summed E-state index contributed by atoms with van der Waals surface area (Å²) in [7, 11) is 0. The van der Waals surface area contributed by atoms with Gasteiger partial charge in [0.25, 0.3) is 0 Å². The lowest BCUT2D eigenvalue weighted by molar-refractivity contribution is 1.11. The molecule has 3 aromatic carbocycles. The van der Waals surface area contributed by atoms with Crippen LogP contribution in [0.1, 0.15) is 0 Å². The Kier molecular flexibility index (Phi) is 2.76. The van der Waals surface area contributed by atoms with Gasteiger partial charge in [-0.1, -0.05) is 48.5 Å². The Balaban J connectivity index is 1.71. The second-order valence-corrected chi connectivity index (χ2v) is 5.80. The van der Waals surface area contributed by atoms with Crippen molar-refractivity contribution in [2.24, 2.45) is 0 Å². The minimum absolute atomic E-state index is 0.785. The molecule has 0 saturated carbocycles. The van der Waals surface area contributed by atoms with Crippen molar-refractivity contribution in [2.75, 3.05) is 0 Å². The lowest BCUT2D eigenvalue weighted by atomic mass is 10.0. The van der Waals surface area contributed by atoms with Gasteiger partial charge in [0.05, 0.1) is 16.6 Å². The van der Waals surface area contributed by atoms with Crippen molar-refractivity contribution in [3.8, 4) is 22.6 Å². The highest BCUT2D eigenvalue weighted by Crippen LogP contribution is 2.30. The number of hydrogen-bond donors (Lipinski definition) is 2. The van der Waals surface area contributed by atoms with Gasteiger partial charge in [0.15, 0.2) is 5.82 Å². The van der Waals surface area contributed by atoms with Crippen LogP contribution in [0.3, 0.4) is 0 Å². The molecule has 0 atom stereocenters. The van der Waals surface area contributed by atoms with Crippen LogP contribution in [0, 0.1) is 0 Å². The molecule has 0 fully saturated rings. The monoisotopic (exact) mass is 310 g/mol. The van der Waals surface area contributed by atoms with Gasteiger partial charge in [0.1, 0.15) is 5.69 Å². The normalized spacial score (nSPS) is 11.3. The van der Waals surface area contributed by atoms with Crippen LogP contribution in [0.5, 0.6) is 0 Å². The summed E-state index contributed by atoms with van der Waals surface area (Å²) in [5.41, 5.74) is 6.17. The van der Waals surface area contributed by atoms with E-state index in [2.05, 4.69) is 62.6 Å². The Morgan fingerprint density at radius 3 is 2.42 bits per heavy atom. The number of aromatic amines is 2. The Bertz CT molecular complexity index is 1120. The highest BCUT2D eigenvalue weighted by atomic mass is 15.1. The number of aromatic nitrogens is 4. The molecule has 4 nitrogen and oxygen atoms in total. The number of nitrogens with one attached hydrogen (secondary N) is 2. The van der Waals surface area contributed by atoms with E-state index in [4.69, 9.17) is 0 Å². The smallest absolute Gasteiger partial charge is 0.159 e. The summed E-state index contributed by atoms with van der Waals surface area (Å²) in [6, 6.07) is 24.7. The molecule has 0 unspecified atom stereocenters. The largest absolute Gasteiger partial charge is 0.337 e. The Morgan fingerprint density at radius 1 is 0.708 bits per heavy atom. The predicted octanol–water partition coefficient (Wildman–Crippen LogP) is 4.77. The van der Waals surface area contributed by atoms with E-state index in [0.29, 0.717) is 0 Å². The molecule has 5 aromatic rings. The van der Waals surface area contributed by atoms with Crippen LogP contribution in [-0.2, 0) is 0 Å². The lowest BCUT2D eigenvalue weighted by Gasteiger charge is -2.01. The molecule has 5 rings (SSSR count). The highest BCUT2D eigenvalue weighted by molar-refractivity contribution is 5.95. The first-order valence-corrected chi connectivity index (χ1v) is 7.87. The van der Waals surface area contributed by atoms with Gasteiger partial charge in [-0.25, -0.2) is 4.98 Å². The van der Waals surface area contributed by atoms with Gasteiger partial charge in [-0.3, -0.25) is 5.10 Å². The molecule has 0 bridgehead atoms. The molecule has 4 heteroatoms. The van der Waals surface area contributed by atoms with Crippen molar-refractivity contribution in [3.63, 3.8) is 0 Å². The maximum Gasteiger partial charge on any atom is 0.159 e. The van der Waals surface area contributed by atoms with E-state index in [1.807, 2.05) is 30.3 Å². The van der Waals surface area contributed by atoms with Gasteiger partial charge in [-0.2, -0.15) is 5.10 Å². The van der Waals surface area contributed by atoms with Crippen LogP contribution >= 0.6 is 0 Å². The SMILES string of the molecule is c1ccc(-c2ccc3[nH]nc(-c4nc5ccccc5[nH]4)c3c2)cc1. The zero-order valence-corrected chi connectivity index (χ0v) is 12.8. The number of para-hydroxylation sites is 2. The topological polar surface area (TPSA) is 57.4 Å². The van der Waals surface area contributed by atoms with E-state index in [9.17, 15) is 0 Å². The molecule has 114 valence electrons. The fourth-order valence-corrected chi connectivity index (χ4v) is 3.07. The van der Waals surface area contributed by atoms with Gasteiger partial charge in [-0.15, -0.1) is 0 Å². The lowest BCUT2D eigenvalue weighted by Crippen LogP contribution is -1.82. The van der Waals surface area contributed by atoms with Crippen LogP contribution in [0.25, 0.3) is 44.6 Å². The third kappa shape index (κ3) is 2.01. The molecular formula is C20H14N4. The molecule has 2 heterocycles. The van der Waals surface area contributed by atoms with Gasteiger partial charge in [-0.05, 0) is 35.4 Å². The average Bonchev–Trinajstić information content (AvgIpc) is 3.25. The predicted molar refractivity (Wildman–Crippen MR) is 96.6 cm³/mol. The van der Waals surface area contributed by atoms with Crippen LogP contribution in [0.4, 0.5) is 0 Å². The first kappa shape index (κ1) is 13.1. The van der Waals surface area contributed by atoms with E-state index in [0.717, 1.165) is 33.5 Å². The summed E-state index contributed by atoms with van der Waals surface area (Å²) in [6.45, 7) is 0. The average molecular weight is 310 g/mol. The minimum Gasteiger partial charge on any atom is -0.337 e. The Morgan fingerprint density at radius 2 is 1.54 bits per heavy atom. The third-order valence-corrected chi connectivity index (χ3v) is 4.28. The maximum atomic E-state index is 4.67. The van der Waals surface area contributed by atoms with E-state index in [1.165, 1.54) is 11.1 Å². The van der Waals surface area contributed by atoms with E-state index >= 15 is 0 Å². The highest BCUT2D eigenvalue weighted by Gasteiger charge is 2.13. The quantitative estimate of drug-likeness (QED) is 0.493. The summed E-state index contributed by atoms with van der Waals surface area (Å²) in [6.07, 6.45) is 0. The molecule has 0 aliphatic heterocycles. The van der Waals surface area contributed by atoms with Crippen molar-refractivity contribution in [2.45, 2.75) is 0 Å². The van der Waals surface area contributed by atoms with Gasteiger partial charge in [0, 0.05) is 5.39 Å². The van der Waals surface area contributed by atoms with Crippen molar-refractivity contribution in [1.82, 2.24) is 20.2 Å². The molecule has 0 saturated heterocycles. The first-order chi connectivity index (χ1) is 11.9. The summed E-state index contributed by atoms with van der Waals surface area (Å²) in [4.78, 5) is 8.03. The minimum atomic E-state index is 0.785.